The molecule has 1 aliphatic heterocycles. The molecule has 176 valence electrons. The third-order valence-corrected chi connectivity index (χ3v) is 15.4. The maximum Gasteiger partial charge on any atom is 0.0379 e. The van der Waals surface area contributed by atoms with Gasteiger partial charge in [-0.3, -0.25) is 0 Å². The van der Waals surface area contributed by atoms with Crippen molar-refractivity contribution in [3.63, 3.8) is 0 Å². The summed E-state index contributed by atoms with van der Waals surface area (Å²) >= 11 is -1.55. The van der Waals surface area contributed by atoms with Gasteiger partial charge in [0.25, 0.3) is 0 Å². The SMILES string of the molecule is CC1=C(C)C[C@@](O[Si](C)(C)C)(C(C)(C)C)[Ge]([CH2]/C=C(/C)O[Si](C)(C)C)[CH2]1.C[Si](C)C. The normalized spacial score (nSPS) is 22.2. The molecule has 1 rings (SSSR count). The zero-order valence-corrected chi connectivity index (χ0v) is 28.1. The minimum atomic E-state index is -1.64. The largest absolute Gasteiger partial charge is 0.0715 e. The van der Waals surface area contributed by atoms with E-state index in [4.69, 9.17) is 8.85 Å². The van der Waals surface area contributed by atoms with Gasteiger partial charge in [-0.05, 0) is 0 Å². The van der Waals surface area contributed by atoms with Crippen LogP contribution in [0.5, 0.6) is 0 Å². The Balaban J connectivity index is 0.00000192. The zero-order chi connectivity index (χ0) is 24.1. The van der Waals surface area contributed by atoms with Crippen molar-refractivity contribution < 1.29 is 8.85 Å². The van der Waals surface area contributed by atoms with E-state index in [2.05, 4.69) is 107 Å². The Morgan fingerprint density at radius 3 is 1.83 bits per heavy atom. The monoisotopic (exact) mass is 530 g/mol. The maximum atomic E-state index is 7.11. The molecule has 0 saturated carbocycles. The van der Waals surface area contributed by atoms with Crippen molar-refractivity contribution in [1.29, 1.82) is 0 Å². The molecular weight excluding hydrogens is 477 g/mol. The smallest absolute Gasteiger partial charge is 0.0379 e. The van der Waals surface area contributed by atoms with E-state index in [9.17, 15) is 0 Å². The molecule has 0 spiro atoms. The molecule has 0 aromatic carbocycles. The summed E-state index contributed by atoms with van der Waals surface area (Å²) in [5, 5.41) is 2.49. The van der Waals surface area contributed by atoms with Gasteiger partial charge in [0.2, 0.25) is 0 Å². The van der Waals surface area contributed by atoms with E-state index in [1.807, 2.05) is 0 Å². The summed E-state index contributed by atoms with van der Waals surface area (Å²) in [5.74, 6) is 1.13. The molecule has 1 aliphatic rings. The first-order chi connectivity index (χ1) is 13.2. The second-order valence-electron chi connectivity index (χ2n) is 12.5. The van der Waals surface area contributed by atoms with Crippen LogP contribution in [0.3, 0.4) is 0 Å². The molecule has 6 heteroatoms. The van der Waals surface area contributed by atoms with Gasteiger partial charge in [-0.1, -0.05) is 19.6 Å². The van der Waals surface area contributed by atoms with E-state index in [-0.39, 0.29) is 18.6 Å². The Kier molecular flexibility index (Phi) is 11.7. The van der Waals surface area contributed by atoms with Crippen LogP contribution in [-0.4, -0.2) is 44.2 Å². The molecule has 1 heterocycles. The summed E-state index contributed by atoms with van der Waals surface area (Å²) in [6, 6.07) is 0. The molecule has 30 heavy (non-hydrogen) atoms. The molecule has 0 saturated heterocycles. The Morgan fingerprint density at radius 1 is 1.00 bits per heavy atom. The van der Waals surface area contributed by atoms with Crippen LogP contribution in [0, 0.1) is 5.41 Å². The number of hydrogen-bond acceptors (Lipinski definition) is 2. The van der Waals surface area contributed by atoms with Gasteiger partial charge in [-0.15, -0.1) is 0 Å². The predicted octanol–water partition coefficient (Wildman–Crippen LogP) is 8.52. The van der Waals surface area contributed by atoms with Gasteiger partial charge in [0, 0.05) is 8.80 Å². The molecule has 0 unspecified atom stereocenters. The van der Waals surface area contributed by atoms with E-state index in [1.54, 1.807) is 11.1 Å². The van der Waals surface area contributed by atoms with Gasteiger partial charge in [0.1, 0.15) is 0 Å². The molecule has 0 bridgehead atoms. The molecule has 0 aliphatic carbocycles. The topological polar surface area (TPSA) is 18.5 Å². The number of hydrogen-bond donors (Lipinski definition) is 0. The first-order valence-corrected chi connectivity index (χ1v) is 25.4. The number of rotatable bonds is 6. The quantitative estimate of drug-likeness (QED) is 0.195. The van der Waals surface area contributed by atoms with E-state index < -0.39 is 31.0 Å². The van der Waals surface area contributed by atoms with Crippen LogP contribution in [0.1, 0.15) is 48.0 Å². The molecule has 1 atom stereocenters. The summed E-state index contributed by atoms with van der Waals surface area (Å²) in [7, 11) is -3.05. The van der Waals surface area contributed by atoms with Gasteiger partial charge in [-0.25, -0.2) is 0 Å². The minimum Gasteiger partial charge on any atom is -0.0715 e. The average Bonchev–Trinajstić information content (AvgIpc) is 2.44. The fourth-order valence-electron chi connectivity index (χ4n) is 3.87. The van der Waals surface area contributed by atoms with Gasteiger partial charge < -0.3 is 0 Å². The minimum absolute atomic E-state index is 0.0665. The van der Waals surface area contributed by atoms with Crippen molar-refractivity contribution >= 4 is 39.8 Å². The van der Waals surface area contributed by atoms with Crippen LogP contribution in [-0.2, 0) is 8.85 Å². The standard InChI is InChI=1S/C21H43GeO2Si2.C3H9Si/c1-17-15-21(20(4,5)6,24-26(10,11)12)22(16-18(17)2)14-13-19(3)23-25(7,8)9;1-4(2)3/h13H,14-16H2,1-12H3;1-3H3/b19-13-;/t21-;/m1./s1. The van der Waals surface area contributed by atoms with Crippen molar-refractivity contribution in [2.45, 2.75) is 122 Å². The van der Waals surface area contributed by atoms with Crippen LogP contribution in [0.25, 0.3) is 0 Å². The van der Waals surface area contributed by atoms with Crippen molar-refractivity contribution in [2.24, 2.45) is 5.41 Å². The van der Waals surface area contributed by atoms with Gasteiger partial charge in [-0.2, -0.15) is 0 Å². The fourth-order valence-corrected chi connectivity index (χ4v) is 17.3. The third kappa shape index (κ3) is 10.8. The Labute approximate surface area is 198 Å². The summed E-state index contributed by atoms with van der Waals surface area (Å²) in [5.41, 5.74) is 3.36. The second-order valence-corrected chi connectivity index (χ2v) is 30.2. The van der Waals surface area contributed by atoms with E-state index >= 15 is 0 Å². The van der Waals surface area contributed by atoms with Crippen molar-refractivity contribution in [3.05, 3.63) is 23.0 Å². The van der Waals surface area contributed by atoms with Gasteiger partial charge in [0.05, 0.1) is 0 Å². The Morgan fingerprint density at radius 2 is 1.47 bits per heavy atom. The van der Waals surface area contributed by atoms with Crippen LogP contribution >= 0.6 is 0 Å². The molecule has 2 radical (unpaired) electrons. The zero-order valence-electron chi connectivity index (χ0n) is 23.0. The molecule has 0 aromatic heterocycles. The third-order valence-electron chi connectivity index (χ3n) is 5.09. The Bertz CT molecular complexity index is 605. The first-order valence-electron chi connectivity index (χ1n) is 11.5. The van der Waals surface area contributed by atoms with Crippen LogP contribution < -0.4 is 0 Å². The Hall–Kier alpha value is 0.434. The molecule has 0 N–H and O–H groups in total. The summed E-state index contributed by atoms with van der Waals surface area (Å²) < 4.78 is 13.4. The molecule has 2 nitrogen and oxygen atoms in total. The maximum absolute atomic E-state index is 7.11. The summed E-state index contributed by atoms with van der Waals surface area (Å²) in [6.07, 6.45) is 3.53. The van der Waals surface area contributed by atoms with Gasteiger partial charge in [0.15, 0.2) is 0 Å². The van der Waals surface area contributed by atoms with Crippen LogP contribution in [0.2, 0.25) is 69.4 Å². The molecule has 0 aromatic rings. The van der Waals surface area contributed by atoms with Crippen molar-refractivity contribution in [2.75, 3.05) is 0 Å². The second kappa shape index (κ2) is 11.5. The average molecular weight is 530 g/mol. The predicted molar refractivity (Wildman–Crippen MR) is 147 cm³/mol. The van der Waals surface area contributed by atoms with Gasteiger partial charge >= 0.3 is 170 Å². The van der Waals surface area contributed by atoms with Crippen molar-refractivity contribution in [1.82, 2.24) is 0 Å². The van der Waals surface area contributed by atoms with Crippen LogP contribution in [0.15, 0.2) is 23.0 Å². The molecule has 0 amide bonds. The molecule has 0 fully saturated rings. The first kappa shape index (κ1) is 30.4. The van der Waals surface area contributed by atoms with E-state index in [1.165, 1.54) is 10.5 Å². The fraction of sp³-hybridized carbons (Fsp3) is 0.833. The van der Waals surface area contributed by atoms with Crippen LogP contribution in [0.4, 0.5) is 0 Å². The summed E-state index contributed by atoms with van der Waals surface area (Å²) in [4.78, 5) is 0. The molecular formula is C24H52GeO2Si3. The van der Waals surface area contributed by atoms with E-state index in [0.29, 0.717) is 0 Å². The summed E-state index contributed by atoms with van der Waals surface area (Å²) in [6.45, 7) is 34.7. The van der Waals surface area contributed by atoms with E-state index in [0.717, 1.165) is 12.2 Å². The number of allylic oxidation sites excluding steroid dienone is 3. The van der Waals surface area contributed by atoms with Crippen molar-refractivity contribution in [3.8, 4) is 0 Å².